The maximum atomic E-state index is 4.50. The van der Waals surface area contributed by atoms with Crippen molar-refractivity contribution in [1.29, 1.82) is 0 Å². The molecule has 0 radical (unpaired) electrons. The van der Waals surface area contributed by atoms with Crippen LogP contribution in [0.15, 0.2) is 188 Å². The normalized spacial score (nSPS) is 12.5. The summed E-state index contributed by atoms with van der Waals surface area (Å²) in [4.78, 5) is 17.3. The number of pyridine rings is 1. The molecule has 4 heterocycles. The molecule has 1 N–H and O–H groups in total. The Kier molecular flexibility index (Phi) is 8.11. The van der Waals surface area contributed by atoms with Crippen LogP contribution >= 0.6 is 0 Å². The second-order valence-electron chi connectivity index (χ2n) is 13.8. The van der Waals surface area contributed by atoms with Crippen LogP contribution in [0.25, 0.3) is 88.7 Å². The number of hydrogen-bond acceptors (Lipinski definition) is 5. The molecule has 0 spiro atoms. The van der Waals surface area contributed by atoms with Crippen molar-refractivity contribution < 1.29 is 0 Å². The maximum absolute atomic E-state index is 4.50. The van der Waals surface area contributed by atoms with Gasteiger partial charge in [-0.05, 0) is 116 Å². The Labute approximate surface area is 318 Å². The summed E-state index contributed by atoms with van der Waals surface area (Å²) in [5, 5.41) is 5.54. The highest BCUT2D eigenvalue weighted by Crippen LogP contribution is 2.38. The fraction of sp³-hybridized carbons (Fsp3) is 0.0204. The monoisotopic (exact) mass is 706 g/mol. The Balaban J connectivity index is 1.13. The van der Waals surface area contributed by atoms with Gasteiger partial charge in [0.25, 0.3) is 0 Å². The predicted molar refractivity (Wildman–Crippen MR) is 226 cm³/mol. The summed E-state index contributed by atoms with van der Waals surface area (Å²) in [5.74, 6) is 0. The van der Waals surface area contributed by atoms with E-state index in [0.717, 1.165) is 84.3 Å². The largest absolute Gasteiger partial charge is 0.372 e. The smallest absolute Gasteiger partial charge is 0.115 e. The number of benzene rings is 6. The van der Waals surface area contributed by atoms with Gasteiger partial charge in [0.2, 0.25) is 0 Å². The van der Waals surface area contributed by atoms with E-state index in [1.807, 2.05) is 31.0 Å². The van der Waals surface area contributed by atoms with Gasteiger partial charge in [-0.25, -0.2) is 15.0 Å². The van der Waals surface area contributed by atoms with Crippen molar-refractivity contribution in [3.8, 4) is 61.3 Å². The molecule has 0 amide bonds. The van der Waals surface area contributed by atoms with E-state index in [2.05, 4.69) is 175 Å². The Morgan fingerprint density at radius 2 is 0.964 bits per heavy atom. The molecule has 0 fully saturated rings. The maximum Gasteiger partial charge on any atom is 0.115 e. The molecule has 260 valence electrons. The molecule has 0 saturated heterocycles. The second-order valence-corrected chi connectivity index (χ2v) is 13.8. The quantitative estimate of drug-likeness (QED) is 0.179. The Morgan fingerprint density at radius 3 is 1.58 bits per heavy atom. The minimum atomic E-state index is 0.760. The van der Waals surface area contributed by atoms with Gasteiger partial charge in [0.05, 0.1) is 17.4 Å². The van der Waals surface area contributed by atoms with Gasteiger partial charge in [-0.15, -0.1) is 0 Å². The zero-order valence-electron chi connectivity index (χ0n) is 29.8. The molecule has 3 aromatic heterocycles. The van der Waals surface area contributed by atoms with Crippen molar-refractivity contribution in [2.45, 2.75) is 0 Å². The van der Waals surface area contributed by atoms with Crippen molar-refractivity contribution in [3.63, 3.8) is 0 Å². The van der Waals surface area contributed by atoms with Gasteiger partial charge in [-0.1, -0.05) is 91.0 Å². The van der Waals surface area contributed by atoms with Crippen LogP contribution in [0.5, 0.6) is 0 Å². The summed E-state index contributed by atoms with van der Waals surface area (Å²) in [6.07, 6.45) is 12.8. The molecule has 55 heavy (non-hydrogen) atoms. The van der Waals surface area contributed by atoms with Crippen LogP contribution in [0.1, 0.15) is 5.56 Å². The number of nitrogens with one attached hydrogen (secondary N) is 1. The van der Waals surface area contributed by atoms with Crippen molar-refractivity contribution >= 4 is 33.7 Å². The van der Waals surface area contributed by atoms with Gasteiger partial charge in [0, 0.05) is 59.6 Å². The highest BCUT2D eigenvalue weighted by molar-refractivity contribution is 6.09. The minimum absolute atomic E-state index is 0.760. The average Bonchev–Trinajstić information content (AvgIpc) is 3.61. The minimum Gasteiger partial charge on any atom is -0.372 e. The lowest BCUT2D eigenvalue weighted by atomic mass is 9.93. The van der Waals surface area contributed by atoms with Gasteiger partial charge in [0.1, 0.15) is 6.33 Å². The van der Waals surface area contributed by atoms with Crippen LogP contribution < -0.4 is 5.32 Å². The van der Waals surface area contributed by atoms with Gasteiger partial charge in [0.15, 0.2) is 0 Å². The molecule has 0 bridgehead atoms. The van der Waals surface area contributed by atoms with Crippen molar-refractivity contribution in [1.82, 2.24) is 24.8 Å². The van der Waals surface area contributed by atoms with Gasteiger partial charge in [-0.3, -0.25) is 4.98 Å². The van der Waals surface area contributed by atoms with E-state index in [0.29, 0.717) is 0 Å². The number of para-hydroxylation sites is 1. The highest BCUT2D eigenvalue weighted by Gasteiger charge is 2.16. The summed E-state index contributed by atoms with van der Waals surface area (Å²) >= 11 is 0. The van der Waals surface area contributed by atoms with Gasteiger partial charge >= 0.3 is 0 Å². The van der Waals surface area contributed by atoms with Crippen LogP contribution in [0.4, 0.5) is 0 Å². The number of fused-ring (bicyclic) bond motifs is 3. The molecule has 9 aromatic rings. The van der Waals surface area contributed by atoms with Crippen LogP contribution in [0, 0.1) is 0 Å². The number of aromatic nitrogens is 4. The Hall–Kier alpha value is -7.44. The first-order valence-electron chi connectivity index (χ1n) is 18.4. The summed E-state index contributed by atoms with van der Waals surface area (Å²) < 4.78 is 2.37. The molecule has 6 nitrogen and oxygen atoms in total. The number of rotatable bonds is 7. The van der Waals surface area contributed by atoms with Crippen molar-refractivity contribution in [2.24, 2.45) is 4.99 Å². The van der Waals surface area contributed by atoms with Crippen LogP contribution in [-0.2, 0) is 0 Å². The molecule has 1 aliphatic rings. The van der Waals surface area contributed by atoms with Crippen LogP contribution in [0.3, 0.4) is 0 Å². The molecule has 0 atom stereocenters. The molecule has 0 unspecified atom stereocenters. The summed E-state index contributed by atoms with van der Waals surface area (Å²) in [7, 11) is 0. The van der Waals surface area contributed by atoms with Crippen LogP contribution in [-0.4, -0.2) is 32.4 Å². The molecule has 6 aromatic carbocycles. The van der Waals surface area contributed by atoms with E-state index in [1.54, 1.807) is 12.7 Å². The highest BCUT2D eigenvalue weighted by atomic mass is 15.0. The van der Waals surface area contributed by atoms with E-state index >= 15 is 0 Å². The number of nitrogens with zero attached hydrogens (tertiary/aromatic N) is 5. The predicted octanol–water partition coefficient (Wildman–Crippen LogP) is 11.3. The molecular weight excluding hydrogens is 673 g/mol. The summed E-state index contributed by atoms with van der Waals surface area (Å²) in [6, 6.07) is 52.6. The van der Waals surface area contributed by atoms with Crippen LogP contribution in [0.2, 0.25) is 0 Å². The fourth-order valence-electron chi connectivity index (χ4n) is 7.71. The molecule has 0 aliphatic carbocycles. The summed E-state index contributed by atoms with van der Waals surface area (Å²) in [5.41, 5.74) is 16.9. The van der Waals surface area contributed by atoms with E-state index in [4.69, 9.17) is 0 Å². The third-order valence-corrected chi connectivity index (χ3v) is 10.4. The Morgan fingerprint density at radius 1 is 0.436 bits per heavy atom. The lowest BCUT2D eigenvalue weighted by molar-refractivity contribution is 1.06. The molecule has 10 rings (SSSR count). The third kappa shape index (κ3) is 6.15. The van der Waals surface area contributed by atoms with Crippen molar-refractivity contribution in [3.05, 3.63) is 188 Å². The number of hydrogen-bond donors (Lipinski definition) is 1. The van der Waals surface area contributed by atoms with E-state index < -0.39 is 0 Å². The van der Waals surface area contributed by atoms with Crippen molar-refractivity contribution in [2.75, 3.05) is 6.54 Å². The van der Waals surface area contributed by atoms with Gasteiger partial charge < -0.3 is 9.88 Å². The fourth-order valence-corrected chi connectivity index (χ4v) is 7.71. The van der Waals surface area contributed by atoms with Gasteiger partial charge in [-0.2, -0.15) is 0 Å². The second kappa shape index (κ2) is 13.8. The lowest BCUT2D eigenvalue weighted by Gasteiger charge is -2.15. The molecule has 6 heteroatoms. The third-order valence-electron chi connectivity index (χ3n) is 10.4. The van der Waals surface area contributed by atoms with E-state index in [-0.39, 0.29) is 0 Å². The molecule has 1 aliphatic heterocycles. The SMILES string of the molecule is C1=NC=C(c2cccc(-c3cccc(-c4cc(-c5cccc(-c6cccc(-c7cncnc7)c6)c5)cc(-n5c6ccccc6c6cnccc65)c4)c3)c2)CN1. The Bertz CT molecular complexity index is 2890. The zero-order valence-corrected chi connectivity index (χ0v) is 29.8. The average molecular weight is 707 g/mol. The van der Waals surface area contributed by atoms with E-state index in [9.17, 15) is 0 Å². The molecular formula is C49H34N6. The summed E-state index contributed by atoms with van der Waals surface area (Å²) in [6.45, 7) is 0.760. The zero-order chi connectivity index (χ0) is 36.6. The van der Waals surface area contributed by atoms with E-state index in [1.165, 1.54) is 16.5 Å². The first-order chi connectivity index (χ1) is 27.2. The first-order valence-corrected chi connectivity index (χ1v) is 18.4. The molecule has 0 saturated carbocycles. The standard InChI is InChI=1S/C49H34N6/c1-2-16-48-46(15-1)47-30-50-18-17-49(47)55(48)45-24-41(37-11-3-7-33(19-37)35-9-5-13-39(21-35)43-26-51-31-52-27-43)23-42(25-45)38-12-4-8-34(20-38)36-10-6-14-40(22-36)44-28-53-32-54-29-44/h1-28,30-32H,29H2,(H,53,54). The first kappa shape index (κ1) is 32.2. The number of aliphatic imine (C=N–C) groups is 1. The topological polar surface area (TPSA) is 68.0 Å². The lowest BCUT2D eigenvalue weighted by Crippen LogP contribution is -2.16.